The minimum Gasteiger partial charge on any atom is -0.469 e. The van der Waals surface area contributed by atoms with Gasteiger partial charge >= 0.3 is 5.97 Å². The molecule has 7 nitrogen and oxygen atoms in total. The summed E-state index contributed by atoms with van der Waals surface area (Å²) in [7, 11) is 1.30. The number of carbonyl (C=O) groups is 3. The van der Waals surface area contributed by atoms with Gasteiger partial charge in [0.1, 0.15) is 6.04 Å². The first kappa shape index (κ1) is 17.7. The second-order valence-corrected chi connectivity index (χ2v) is 6.49. The normalized spacial score (nSPS) is 29.1. The molecule has 7 heteroatoms. The SMILES string of the molecule is COC(=O)C[C@@H]1C(=O)NCCN1CC(=O)N1[C@H](C)CCC[C@@H]1C. The molecule has 2 saturated heterocycles. The Kier molecular flexibility index (Phi) is 5.98. The fourth-order valence-corrected chi connectivity index (χ4v) is 3.58. The number of methoxy groups -OCH3 is 1. The second-order valence-electron chi connectivity index (χ2n) is 6.49. The van der Waals surface area contributed by atoms with Crippen molar-refractivity contribution < 1.29 is 19.1 Å². The van der Waals surface area contributed by atoms with E-state index in [1.54, 1.807) is 4.90 Å². The molecule has 0 radical (unpaired) electrons. The summed E-state index contributed by atoms with van der Waals surface area (Å²) in [4.78, 5) is 40.1. The maximum Gasteiger partial charge on any atom is 0.307 e. The van der Waals surface area contributed by atoms with Gasteiger partial charge in [-0.25, -0.2) is 0 Å². The van der Waals surface area contributed by atoms with Gasteiger partial charge in [0.2, 0.25) is 11.8 Å². The Morgan fingerprint density at radius 3 is 2.52 bits per heavy atom. The fourth-order valence-electron chi connectivity index (χ4n) is 3.58. The quantitative estimate of drug-likeness (QED) is 0.744. The van der Waals surface area contributed by atoms with Crippen LogP contribution in [-0.2, 0) is 19.1 Å². The van der Waals surface area contributed by atoms with Gasteiger partial charge in [-0.2, -0.15) is 0 Å². The van der Waals surface area contributed by atoms with Crippen molar-refractivity contribution >= 4 is 17.8 Å². The summed E-state index contributed by atoms with van der Waals surface area (Å²) in [6, 6.07) is -0.177. The standard InChI is InChI=1S/C16H27N3O4/c1-11-5-4-6-12(2)19(11)14(20)10-18-8-7-17-16(22)13(18)9-15(21)23-3/h11-13H,4-10H2,1-3H3,(H,17,22)/t11-,12+,13-/m1/s1. The summed E-state index contributed by atoms with van der Waals surface area (Å²) < 4.78 is 4.66. The van der Waals surface area contributed by atoms with E-state index in [-0.39, 0.29) is 36.9 Å². The van der Waals surface area contributed by atoms with Crippen molar-refractivity contribution in [1.82, 2.24) is 15.1 Å². The number of rotatable bonds is 4. The van der Waals surface area contributed by atoms with Gasteiger partial charge in [0.05, 0.1) is 20.1 Å². The lowest BCUT2D eigenvalue weighted by Crippen LogP contribution is -2.59. The first-order valence-electron chi connectivity index (χ1n) is 8.33. The number of hydrogen-bond acceptors (Lipinski definition) is 5. The lowest BCUT2D eigenvalue weighted by Gasteiger charge is -2.41. The number of nitrogens with one attached hydrogen (secondary N) is 1. The maximum atomic E-state index is 12.7. The highest BCUT2D eigenvalue weighted by Gasteiger charge is 2.36. The molecule has 23 heavy (non-hydrogen) atoms. The minimum absolute atomic E-state index is 0.0271. The molecule has 2 amide bonds. The van der Waals surface area contributed by atoms with Crippen LogP contribution in [0.15, 0.2) is 0 Å². The molecule has 0 aromatic carbocycles. The summed E-state index contributed by atoms with van der Waals surface area (Å²) in [5, 5.41) is 2.75. The number of piperidine rings is 1. The van der Waals surface area contributed by atoms with E-state index in [1.165, 1.54) is 7.11 Å². The van der Waals surface area contributed by atoms with Gasteiger partial charge in [-0.05, 0) is 33.1 Å². The van der Waals surface area contributed by atoms with E-state index in [2.05, 4.69) is 23.9 Å². The lowest BCUT2D eigenvalue weighted by molar-refractivity contribution is -0.148. The second kappa shape index (κ2) is 7.77. The molecule has 2 aliphatic heterocycles. The van der Waals surface area contributed by atoms with Crippen LogP contribution in [0.3, 0.4) is 0 Å². The number of amides is 2. The van der Waals surface area contributed by atoms with E-state index in [0.717, 1.165) is 19.3 Å². The van der Waals surface area contributed by atoms with Crippen LogP contribution in [0.1, 0.15) is 39.5 Å². The number of likely N-dealkylation sites (tertiary alicyclic amines) is 1. The maximum absolute atomic E-state index is 12.7. The van der Waals surface area contributed by atoms with E-state index < -0.39 is 12.0 Å². The molecule has 0 unspecified atom stereocenters. The van der Waals surface area contributed by atoms with Crippen LogP contribution < -0.4 is 5.32 Å². The van der Waals surface area contributed by atoms with Crippen LogP contribution >= 0.6 is 0 Å². The van der Waals surface area contributed by atoms with Crippen LogP contribution in [0.2, 0.25) is 0 Å². The van der Waals surface area contributed by atoms with Crippen LogP contribution in [0.4, 0.5) is 0 Å². The van der Waals surface area contributed by atoms with Gasteiger partial charge in [0.15, 0.2) is 0 Å². The number of nitrogens with zero attached hydrogens (tertiary/aromatic N) is 2. The molecule has 0 spiro atoms. The average molecular weight is 325 g/mol. The van der Waals surface area contributed by atoms with Crippen molar-refractivity contribution in [3.8, 4) is 0 Å². The molecule has 0 bridgehead atoms. The predicted octanol–water partition coefficient (Wildman–Crippen LogP) is 0.139. The van der Waals surface area contributed by atoms with Gasteiger partial charge < -0.3 is 15.0 Å². The third kappa shape index (κ3) is 4.22. The Labute approximate surface area is 137 Å². The Morgan fingerprint density at radius 2 is 1.91 bits per heavy atom. The van der Waals surface area contributed by atoms with Crippen LogP contribution in [0, 0.1) is 0 Å². The predicted molar refractivity (Wildman–Crippen MR) is 84.6 cm³/mol. The minimum atomic E-state index is -0.629. The zero-order valence-electron chi connectivity index (χ0n) is 14.2. The fraction of sp³-hybridized carbons (Fsp3) is 0.812. The third-order valence-corrected chi connectivity index (χ3v) is 4.85. The van der Waals surface area contributed by atoms with Crippen molar-refractivity contribution in [2.75, 3.05) is 26.7 Å². The number of piperazine rings is 1. The highest BCUT2D eigenvalue weighted by molar-refractivity contribution is 5.88. The van der Waals surface area contributed by atoms with Gasteiger partial charge in [0, 0.05) is 25.2 Å². The Balaban J connectivity index is 2.04. The van der Waals surface area contributed by atoms with Gasteiger partial charge in [-0.1, -0.05) is 0 Å². The van der Waals surface area contributed by atoms with Crippen LogP contribution in [0.25, 0.3) is 0 Å². The zero-order chi connectivity index (χ0) is 17.0. The van der Waals surface area contributed by atoms with Gasteiger partial charge in [-0.15, -0.1) is 0 Å². The summed E-state index contributed by atoms with van der Waals surface area (Å²) in [5.41, 5.74) is 0. The number of carbonyl (C=O) groups excluding carboxylic acids is 3. The van der Waals surface area contributed by atoms with Gasteiger partial charge in [0.25, 0.3) is 0 Å². The molecule has 0 aromatic heterocycles. The molecular formula is C16H27N3O4. The monoisotopic (exact) mass is 325 g/mol. The molecule has 2 heterocycles. The van der Waals surface area contributed by atoms with Crippen molar-refractivity contribution in [3.63, 3.8) is 0 Å². The smallest absolute Gasteiger partial charge is 0.307 e. The summed E-state index contributed by atoms with van der Waals surface area (Å²) in [5.74, 6) is -0.618. The van der Waals surface area contributed by atoms with E-state index in [9.17, 15) is 14.4 Å². The van der Waals surface area contributed by atoms with Crippen LogP contribution in [0.5, 0.6) is 0 Å². The number of esters is 1. The third-order valence-electron chi connectivity index (χ3n) is 4.85. The molecular weight excluding hydrogens is 298 g/mol. The van der Waals surface area contributed by atoms with Gasteiger partial charge in [-0.3, -0.25) is 19.3 Å². The molecule has 2 fully saturated rings. The first-order valence-corrected chi connectivity index (χ1v) is 8.33. The molecule has 2 aliphatic rings. The molecule has 3 atom stereocenters. The largest absolute Gasteiger partial charge is 0.469 e. The lowest BCUT2D eigenvalue weighted by atomic mass is 9.97. The molecule has 2 rings (SSSR count). The Hall–Kier alpha value is -1.63. The summed E-state index contributed by atoms with van der Waals surface area (Å²) >= 11 is 0. The van der Waals surface area contributed by atoms with Crippen molar-refractivity contribution in [3.05, 3.63) is 0 Å². The molecule has 130 valence electrons. The highest BCUT2D eigenvalue weighted by atomic mass is 16.5. The molecule has 1 N–H and O–H groups in total. The van der Waals surface area contributed by atoms with E-state index in [4.69, 9.17) is 0 Å². The highest BCUT2D eigenvalue weighted by Crippen LogP contribution is 2.23. The average Bonchev–Trinajstić information content (AvgIpc) is 2.50. The Bertz CT molecular complexity index is 458. The van der Waals surface area contributed by atoms with Crippen molar-refractivity contribution in [2.45, 2.75) is 57.7 Å². The number of hydrogen-bond donors (Lipinski definition) is 1. The number of ether oxygens (including phenoxy) is 1. The van der Waals surface area contributed by atoms with Crippen molar-refractivity contribution in [1.29, 1.82) is 0 Å². The first-order chi connectivity index (χ1) is 10.9. The van der Waals surface area contributed by atoms with E-state index >= 15 is 0 Å². The molecule has 0 saturated carbocycles. The van der Waals surface area contributed by atoms with E-state index in [1.807, 2.05) is 4.90 Å². The molecule has 0 aliphatic carbocycles. The topological polar surface area (TPSA) is 79.0 Å². The summed E-state index contributed by atoms with van der Waals surface area (Å²) in [6.45, 7) is 5.37. The Morgan fingerprint density at radius 1 is 1.26 bits per heavy atom. The van der Waals surface area contributed by atoms with Crippen LogP contribution in [-0.4, -0.2) is 72.5 Å². The zero-order valence-corrected chi connectivity index (χ0v) is 14.2. The summed E-state index contributed by atoms with van der Waals surface area (Å²) in [6.07, 6.45) is 3.15. The van der Waals surface area contributed by atoms with Crippen molar-refractivity contribution in [2.24, 2.45) is 0 Å². The molecule has 0 aromatic rings. The van der Waals surface area contributed by atoms with E-state index in [0.29, 0.717) is 13.1 Å².